The Bertz CT molecular complexity index is 1150. The van der Waals surface area contributed by atoms with Crippen LogP contribution in [0.4, 0.5) is 17.1 Å². The van der Waals surface area contributed by atoms with E-state index < -0.39 is 0 Å². The molecule has 0 radical (unpaired) electrons. The molecule has 2 aromatic carbocycles. The van der Waals surface area contributed by atoms with Crippen LogP contribution in [0.5, 0.6) is 0 Å². The van der Waals surface area contributed by atoms with E-state index in [0.29, 0.717) is 16.3 Å². The molecule has 1 N–H and O–H groups in total. The third-order valence-electron chi connectivity index (χ3n) is 4.90. The monoisotopic (exact) mass is 437 g/mol. The Labute approximate surface area is 184 Å². The number of aryl methyl sites for hydroxylation is 1. The van der Waals surface area contributed by atoms with Gasteiger partial charge in [0.2, 0.25) is 0 Å². The summed E-state index contributed by atoms with van der Waals surface area (Å²) in [5.41, 5.74) is 3.71. The number of benzene rings is 2. The summed E-state index contributed by atoms with van der Waals surface area (Å²) in [7, 11) is 3.93. The molecule has 0 bridgehead atoms. The summed E-state index contributed by atoms with van der Waals surface area (Å²) in [6.07, 6.45) is 0. The molecule has 2 amide bonds. The van der Waals surface area contributed by atoms with E-state index in [1.165, 1.54) is 16.2 Å². The van der Waals surface area contributed by atoms with Gasteiger partial charge in [0.15, 0.2) is 0 Å². The number of anilines is 3. The van der Waals surface area contributed by atoms with Crippen molar-refractivity contribution in [3.8, 4) is 0 Å². The van der Waals surface area contributed by atoms with Crippen molar-refractivity contribution in [2.45, 2.75) is 6.92 Å². The molecule has 152 valence electrons. The van der Waals surface area contributed by atoms with E-state index >= 15 is 0 Å². The molecular weight excluding hydrogens is 418 g/mol. The smallest absolute Gasteiger partial charge is 0.282 e. The maximum atomic E-state index is 13.4. The van der Waals surface area contributed by atoms with Crippen LogP contribution in [-0.4, -0.2) is 25.9 Å². The van der Waals surface area contributed by atoms with Gasteiger partial charge in [-0.3, -0.25) is 9.59 Å². The Morgan fingerprint density at radius 1 is 1.00 bits per heavy atom. The van der Waals surface area contributed by atoms with Gasteiger partial charge in [0.05, 0.1) is 11.3 Å². The molecule has 0 spiro atoms. The van der Waals surface area contributed by atoms with Crippen LogP contribution in [0.3, 0.4) is 0 Å². The van der Waals surface area contributed by atoms with E-state index in [9.17, 15) is 9.59 Å². The highest BCUT2D eigenvalue weighted by molar-refractivity contribution is 7.11. The van der Waals surface area contributed by atoms with Crippen molar-refractivity contribution < 1.29 is 9.59 Å². The number of hydrogen-bond acceptors (Lipinski definition) is 5. The number of hydrogen-bond donors (Lipinski definition) is 1. The van der Waals surface area contributed by atoms with E-state index in [-0.39, 0.29) is 17.5 Å². The van der Waals surface area contributed by atoms with E-state index in [1.54, 1.807) is 18.2 Å². The predicted octanol–water partition coefficient (Wildman–Crippen LogP) is 5.17. The second-order valence-corrected chi connectivity index (χ2v) is 8.55. The molecule has 5 nitrogen and oxygen atoms in total. The molecular formula is C23H20ClN3O2S. The maximum Gasteiger partial charge on any atom is 0.282 e. The summed E-state index contributed by atoms with van der Waals surface area (Å²) in [6.45, 7) is 1.83. The van der Waals surface area contributed by atoms with Crippen molar-refractivity contribution >= 4 is 57.4 Å². The van der Waals surface area contributed by atoms with Gasteiger partial charge in [0.25, 0.3) is 11.8 Å². The average Bonchev–Trinajstić information content (AvgIpc) is 3.30. The summed E-state index contributed by atoms with van der Waals surface area (Å²) in [5.74, 6) is -0.731. The minimum atomic E-state index is -0.384. The second-order valence-electron chi connectivity index (χ2n) is 7.17. The minimum Gasteiger partial charge on any atom is -0.378 e. The summed E-state index contributed by atoms with van der Waals surface area (Å²) in [4.78, 5) is 30.7. The number of nitrogens with one attached hydrogen (secondary N) is 1. The van der Waals surface area contributed by atoms with Crippen LogP contribution in [0.1, 0.15) is 10.4 Å². The van der Waals surface area contributed by atoms with Crippen molar-refractivity contribution in [3.05, 3.63) is 81.1 Å². The topological polar surface area (TPSA) is 52.7 Å². The van der Waals surface area contributed by atoms with Gasteiger partial charge in [-0.25, -0.2) is 4.90 Å². The van der Waals surface area contributed by atoms with Gasteiger partial charge in [0, 0.05) is 35.4 Å². The first-order valence-corrected chi connectivity index (χ1v) is 10.6. The molecule has 0 saturated heterocycles. The highest BCUT2D eigenvalue weighted by Crippen LogP contribution is 2.37. The van der Waals surface area contributed by atoms with Crippen LogP contribution in [0.2, 0.25) is 5.02 Å². The van der Waals surface area contributed by atoms with Gasteiger partial charge in [-0.05, 0) is 66.4 Å². The quantitative estimate of drug-likeness (QED) is 0.559. The normalized spacial score (nSPS) is 13.9. The lowest BCUT2D eigenvalue weighted by atomic mass is 10.1. The second kappa shape index (κ2) is 7.97. The molecule has 1 aliphatic rings. The Kier molecular flexibility index (Phi) is 5.37. The third-order valence-corrected chi connectivity index (χ3v) is 6.03. The molecule has 3 aromatic rings. The predicted molar refractivity (Wildman–Crippen MR) is 124 cm³/mol. The Morgan fingerprint density at radius 3 is 2.33 bits per heavy atom. The highest BCUT2D eigenvalue weighted by atomic mass is 35.5. The molecule has 4 rings (SSSR count). The SMILES string of the molecule is Cc1cc(Cl)ccc1N1C(=O)C(Nc2ccc(N(C)C)cc2)=C(c2cccs2)C1=O. The van der Waals surface area contributed by atoms with E-state index in [1.807, 2.05) is 67.7 Å². The molecule has 2 heterocycles. The van der Waals surface area contributed by atoms with Crippen molar-refractivity contribution in [3.63, 3.8) is 0 Å². The molecule has 1 aromatic heterocycles. The van der Waals surface area contributed by atoms with Crippen molar-refractivity contribution in [1.29, 1.82) is 0 Å². The number of carbonyl (C=O) groups excluding carboxylic acids is 2. The van der Waals surface area contributed by atoms with Crippen LogP contribution in [0.15, 0.2) is 65.7 Å². The van der Waals surface area contributed by atoms with Crippen LogP contribution in [0, 0.1) is 6.92 Å². The van der Waals surface area contributed by atoms with E-state index in [4.69, 9.17) is 11.6 Å². The average molecular weight is 438 g/mol. The van der Waals surface area contributed by atoms with Gasteiger partial charge in [-0.1, -0.05) is 17.7 Å². The van der Waals surface area contributed by atoms with Crippen molar-refractivity contribution in [2.75, 3.05) is 29.2 Å². The van der Waals surface area contributed by atoms with Crippen LogP contribution >= 0.6 is 22.9 Å². The number of thiophene rings is 1. The first-order chi connectivity index (χ1) is 14.4. The fraction of sp³-hybridized carbons (Fsp3) is 0.130. The molecule has 0 aliphatic carbocycles. The summed E-state index contributed by atoms with van der Waals surface area (Å²) >= 11 is 7.49. The molecule has 7 heteroatoms. The number of rotatable bonds is 5. The van der Waals surface area contributed by atoms with Gasteiger partial charge in [-0.2, -0.15) is 0 Å². The summed E-state index contributed by atoms with van der Waals surface area (Å²) in [5, 5.41) is 5.63. The summed E-state index contributed by atoms with van der Waals surface area (Å²) in [6, 6.07) is 16.5. The molecule has 0 saturated carbocycles. The molecule has 30 heavy (non-hydrogen) atoms. The lowest BCUT2D eigenvalue weighted by molar-refractivity contribution is -0.120. The van der Waals surface area contributed by atoms with Crippen LogP contribution < -0.4 is 15.1 Å². The van der Waals surface area contributed by atoms with Gasteiger partial charge >= 0.3 is 0 Å². The maximum absolute atomic E-state index is 13.4. The van der Waals surface area contributed by atoms with Crippen molar-refractivity contribution in [1.82, 2.24) is 0 Å². The fourth-order valence-corrected chi connectivity index (χ4v) is 4.37. The molecule has 1 aliphatic heterocycles. The standard InChI is InChI=1S/C23H20ClN3O2S/c1-14-13-15(24)6-11-18(14)27-22(28)20(19-5-4-12-30-19)21(23(27)29)25-16-7-9-17(10-8-16)26(2)3/h4-13,25H,1-3H3. The number of imide groups is 1. The number of carbonyl (C=O) groups is 2. The number of halogens is 1. The van der Waals surface area contributed by atoms with Gasteiger partial charge in [0.1, 0.15) is 5.70 Å². The zero-order valence-electron chi connectivity index (χ0n) is 16.8. The Morgan fingerprint density at radius 2 is 1.73 bits per heavy atom. The van der Waals surface area contributed by atoms with Gasteiger partial charge in [-0.15, -0.1) is 11.3 Å². The minimum absolute atomic E-state index is 0.273. The summed E-state index contributed by atoms with van der Waals surface area (Å²) < 4.78 is 0. The zero-order chi connectivity index (χ0) is 21.4. The molecule has 0 unspecified atom stereocenters. The van der Waals surface area contributed by atoms with Crippen LogP contribution in [0.25, 0.3) is 5.57 Å². The number of amides is 2. The lowest BCUT2D eigenvalue weighted by Gasteiger charge is -2.18. The molecule has 0 atom stereocenters. The lowest BCUT2D eigenvalue weighted by Crippen LogP contribution is -2.33. The zero-order valence-corrected chi connectivity index (χ0v) is 18.3. The third kappa shape index (κ3) is 3.60. The first kappa shape index (κ1) is 20.2. The molecule has 0 fully saturated rings. The van der Waals surface area contributed by atoms with Gasteiger partial charge < -0.3 is 10.2 Å². The Hall–Kier alpha value is -3.09. The Balaban J connectivity index is 1.76. The highest BCUT2D eigenvalue weighted by Gasteiger charge is 2.41. The first-order valence-electron chi connectivity index (χ1n) is 9.34. The van der Waals surface area contributed by atoms with E-state index in [2.05, 4.69) is 5.32 Å². The van der Waals surface area contributed by atoms with Crippen molar-refractivity contribution in [2.24, 2.45) is 0 Å². The van der Waals surface area contributed by atoms with E-state index in [0.717, 1.165) is 21.8 Å². The fourth-order valence-electron chi connectivity index (χ4n) is 3.37. The largest absolute Gasteiger partial charge is 0.378 e. The van der Waals surface area contributed by atoms with Crippen LogP contribution in [-0.2, 0) is 9.59 Å². The number of nitrogens with zero attached hydrogens (tertiary/aromatic N) is 2.